The van der Waals surface area contributed by atoms with E-state index in [0.29, 0.717) is 23.8 Å². The van der Waals surface area contributed by atoms with Crippen molar-refractivity contribution in [1.82, 2.24) is 9.55 Å². The van der Waals surface area contributed by atoms with Gasteiger partial charge in [0.2, 0.25) is 5.78 Å². The highest BCUT2D eigenvalue weighted by atomic mass is 32.1. The Morgan fingerprint density at radius 2 is 2.03 bits per heavy atom. The number of anilines is 1. The molecule has 0 aliphatic rings. The Hall–Kier alpha value is -3.19. The molecule has 0 saturated heterocycles. The standard InChI is InChI=1S/C22H23N3O3S/c1-4-10-23-22-24-19(14-29-22)21(27)28-13-20(26)18-11-15(2)25(16(18)3)12-17-8-6-5-7-9-17/h4-9,11,14H,1,10,12-13H2,2-3H3,(H,23,24). The van der Waals surface area contributed by atoms with E-state index in [1.54, 1.807) is 11.5 Å². The number of ether oxygens (including phenoxy) is 1. The number of carbonyl (C=O) groups is 2. The number of Topliss-reactive ketones (excluding diaryl/α,β-unsaturated/α-hetero) is 1. The number of esters is 1. The number of aromatic nitrogens is 2. The summed E-state index contributed by atoms with van der Waals surface area (Å²) in [4.78, 5) is 29.0. The van der Waals surface area contributed by atoms with Gasteiger partial charge in [-0.3, -0.25) is 4.79 Å². The van der Waals surface area contributed by atoms with E-state index in [1.165, 1.54) is 11.3 Å². The molecule has 2 aromatic heterocycles. The number of hydrogen-bond acceptors (Lipinski definition) is 6. The van der Waals surface area contributed by atoms with Crippen LogP contribution in [0.5, 0.6) is 0 Å². The fraction of sp³-hybridized carbons (Fsp3) is 0.227. The fourth-order valence-corrected chi connectivity index (χ4v) is 3.67. The molecular formula is C22H23N3O3S. The van der Waals surface area contributed by atoms with Crippen LogP contribution < -0.4 is 5.32 Å². The number of hydrogen-bond donors (Lipinski definition) is 1. The molecule has 0 amide bonds. The fourth-order valence-electron chi connectivity index (χ4n) is 2.98. The van der Waals surface area contributed by atoms with Gasteiger partial charge < -0.3 is 14.6 Å². The van der Waals surface area contributed by atoms with E-state index in [4.69, 9.17) is 4.74 Å². The normalized spacial score (nSPS) is 10.6. The Morgan fingerprint density at radius 3 is 2.76 bits per heavy atom. The molecule has 6 nitrogen and oxygen atoms in total. The van der Waals surface area contributed by atoms with Gasteiger partial charge in [-0.1, -0.05) is 36.4 Å². The Morgan fingerprint density at radius 1 is 1.28 bits per heavy atom. The average molecular weight is 410 g/mol. The number of nitrogens with zero attached hydrogens (tertiary/aromatic N) is 2. The molecule has 29 heavy (non-hydrogen) atoms. The number of ketones is 1. The van der Waals surface area contributed by atoms with Crippen molar-refractivity contribution >= 4 is 28.2 Å². The van der Waals surface area contributed by atoms with Crippen LogP contribution in [-0.4, -0.2) is 34.5 Å². The molecule has 0 aliphatic heterocycles. The second-order valence-corrected chi connectivity index (χ2v) is 7.42. The van der Waals surface area contributed by atoms with Crippen LogP contribution in [0.25, 0.3) is 0 Å². The third kappa shape index (κ3) is 5.00. The highest BCUT2D eigenvalue weighted by Crippen LogP contribution is 2.19. The molecule has 0 spiro atoms. The molecule has 0 radical (unpaired) electrons. The van der Waals surface area contributed by atoms with Crippen LogP contribution in [0.4, 0.5) is 5.13 Å². The van der Waals surface area contributed by atoms with Gasteiger partial charge in [-0.2, -0.15) is 0 Å². The second-order valence-electron chi connectivity index (χ2n) is 6.56. The van der Waals surface area contributed by atoms with Gasteiger partial charge in [0.05, 0.1) is 0 Å². The number of aryl methyl sites for hydroxylation is 1. The van der Waals surface area contributed by atoms with Gasteiger partial charge in [0.1, 0.15) is 0 Å². The highest BCUT2D eigenvalue weighted by Gasteiger charge is 2.19. The molecule has 3 aromatic rings. The molecule has 0 aliphatic carbocycles. The van der Waals surface area contributed by atoms with Gasteiger partial charge in [0.15, 0.2) is 17.4 Å². The molecule has 0 bridgehead atoms. The lowest BCUT2D eigenvalue weighted by Crippen LogP contribution is -2.15. The van der Waals surface area contributed by atoms with Crippen LogP contribution >= 0.6 is 11.3 Å². The highest BCUT2D eigenvalue weighted by molar-refractivity contribution is 7.13. The van der Waals surface area contributed by atoms with E-state index in [1.807, 2.05) is 50.2 Å². The number of thiazole rings is 1. The Bertz CT molecular complexity index is 1020. The van der Waals surface area contributed by atoms with Crippen molar-refractivity contribution in [2.24, 2.45) is 0 Å². The largest absolute Gasteiger partial charge is 0.453 e. The Kier molecular flexibility index (Phi) is 6.61. The zero-order valence-corrected chi connectivity index (χ0v) is 17.3. The molecule has 2 heterocycles. The molecule has 7 heteroatoms. The Labute approximate surface area is 173 Å². The van der Waals surface area contributed by atoms with E-state index in [9.17, 15) is 9.59 Å². The van der Waals surface area contributed by atoms with Crippen LogP contribution in [0.1, 0.15) is 37.8 Å². The lowest BCUT2D eigenvalue weighted by Gasteiger charge is -2.10. The van der Waals surface area contributed by atoms with Crippen molar-refractivity contribution in [2.75, 3.05) is 18.5 Å². The third-order valence-corrected chi connectivity index (χ3v) is 5.30. The van der Waals surface area contributed by atoms with Crippen molar-refractivity contribution < 1.29 is 14.3 Å². The summed E-state index contributed by atoms with van der Waals surface area (Å²) >= 11 is 1.30. The predicted octanol–water partition coefficient (Wildman–Crippen LogP) is 4.25. The number of nitrogens with one attached hydrogen (secondary N) is 1. The zero-order chi connectivity index (χ0) is 20.8. The van der Waals surface area contributed by atoms with Gasteiger partial charge in [-0.05, 0) is 25.5 Å². The first-order valence-corrected chi connectivity index (χ1v) is 10.1. The minimum Gasteiger partial charge on any atom is -0.453 e. The maximum atomic E-state index is 12.6. The summed E-state index contributed by atoms with van der Waals surface area (Å²) in [5.74, 6) is -0.842. The number of carbonyl (C=O) groups excluding carboxylic acids is 2. The molecule has 0 saturated carbocycles. The van der Waals surface area contributed by atoms with Crippen LogP contribution in [0, 0.1) is 13.8 Å². The average Bonchev–Trinajstić information content (AvgIpc) is 3.31. The van der Waals surface area contributed by atoms with E-state index >= 15 is 0 Å². The van der Waals surface area contributed by atoms with Gasteiger partial charge in [-0.25, -0.2) is 9.78 Å². The van der Waals surface area contributed by atoms with Gasteiger partial charge in [0.25, 0.3) is 0 Å². The summed E-state index contributed by atoms with van der Waals surface area (Å²) < 4.78 is 7.27. The predicted molar refractivity (Wildman–Crippen MR) is 115 cm³/mol. The molecule has 1 N–H and O–H groups in total. The lowest BCUT2D eigenvalue weighted by molar-refractivity contribution is 0.0469. The first kappa shape index (κ1) is 20.5. The second kappa shape index (κ2) is 9.34. The van der Waals surface area contributed by atoms with Crippen LogP contribution in [0.3, 0.4) is 0 Å². The summed E-state index contributed by atoms with van der Waals surface area (Å²) in [5, 5.41) is 5.21. The molecule has 1 aromatic carbocycles. The molecule has 0 fully saturated rings. The molecule has 0 atom stereocenters. The number of rotatable bonds is 9. The molecular weight excluding hydrogens is 386 g/mol. The lowest BCUT2D eigenvalue weighted by atomic mass is 10.1. The van der Waals surface area contributed by atoms with Crippen molar-refractivity contribution in [3.05, 3.63) is 82.6 Å². The molecule has 150 valence electrons. The maximum absolute atomic E-state index is 12.6. The SMILES string of the molecule is C=CCNc1nc(C(=O)OCC(=O)c2cc(C)n(Cc3ccccc3)c2C)cs1. The van der Waals surface area contributed by atoms with E-state index in [0.717, 1.165) is 17.0 Å². The summed E-state index contributed by atoms with van der Waals surface area (Å²) in [6.45, 7) is 8.41. The zero-order valence-electron chi connectivity index (χ0n) is 16.5. The minimum atomic E-state index is -0.612. The van der Waals surface area contributed by atoms with Gasteiger partial charge >= 0.3 is 5.97 Å². The van der Waals surface area contributed by atoms with E-state index in [2.05, 4.69) is 21.4 Å². The number of benzene rings is 1. The maximum Gasteiger partial charge on any atom is 0.358 e. The van der Waals surface area contributed by atoms with Crippen molar-refractivity contribution in [1.29, 1.82) is 0 Å². The smallest absolute Gasteiger partial charge is 0.358 e. The quantitative estimate of drug-likeness (QED) is 0.325. The van der Waals surface area contributed by atoms with E-state index in [-0.39, 0.29) is 18.1 Å². The van der Waals surface area contributed by atoms with Crippen LogP contribution in [-0.2, 0) is 11.3 Å². The Balaban J connectivity index is 1.63. The topological polar surface area (TPSA) is 73.2 Å². The minimum absolute atomic E-state index is 0.184. The van der Waals surface area contributed by atoms with Crippen LogP contribution in [0.15, 0.2) is 54.4 Å². The molecule has 0 unspecified atom stereocenters. The summed E-state index contributed by atoms with van der Waals surface area (Å²) in [6, 6.07) is 11.9. The van der Waals surface area contributed by atoms with Gasteiger partial charge in [-0.15, -0.1) is 17.9 Å². The first-order chi connectivity index (χ1) is 14.0. The summed E-state index contributed by atoms with van der Waals surface area (Å²) in [7, 11) is 0. The van der Waals surface area contributed by atoms with E-state index < -0.39 is 5.97 Å². The van der Waals surface area contributed by atoms with Crippen molar-refractivity contribution in [2.45, 2.75) is 20.4 Å². The van der Waals surface area contributed by atoms with Crippen molar-refractivity contribution in [3.63, 3.8) is 0 Å². The van der Waals surface area contributed by atoms with Gasteiger partial charge in [0, 0.05) is 35.4 Å². The first-order valence-electron chi connectivity index (χ1n) is 9.21. The third-order valence-electron chi connectivity index (χ3n) is 4.50. The monoisotopic (exact) mass is 409 g/mol. The summed E-state index contributed by atoms with van der Waals surface area (Å²) in [6.07, 6.45) is 1.70. The summed E-state index contributed by atoms with van der Waals surface area (Å²) in [5.41, 5.74) is 3.75. The van der Waals surface area contributed by atoms with Crippen LogP contribution in [0.2, 0.25) is 0 Å². The van der Waals surface area contributed by atoms with Crippen molar-refractivity contribution in [3.8, 4) is 0 Å². The molecule has 3 rings (SSSR count).